The number of rotatable bonds is 6. The number of aromatic nitrogens is 6. The van der Waals surface area contributed by atoms with Crippen LogP contribution >= 0.6 is 0 Å². The highest BCUT2D eigenvalue weighted by atomic mass is 16.5. The lowest BCUT2D eigenvalue weighted by atomic mass is 9.89. The van der Waals surface area contributed by atoms with E-state index in [2.05, 4.69) is 39.7 Å². The van der Waals surface area contributed by atoms with Crippen LogP contribution in [0.5, 0.6) is 0 Å². The van der Waals surface area contributed by atoms with Crippen LogP contribution in [-0.4, -0.2) is 61.6 Å². The van der Waals surface area contributed by atoms with Gasteiger partial charge < -0.3 is 15.4 Å². The molecule has 1 aliphatic carbocycles. The van der Waals surface area contributed by atoms with Crippen LogP contribution in [0.1, 0.15) is 43.1 Å². The molecule has 0 radical (unpaired) electrons. The van der Waals surface area contributed by atoms with Crippen LogP contribution in [0.25, 0.3) is 28.3 Å². The first-order valence-corrected chi connectivity index (χ1v) is 10.7. The summed E-state index contributed by atoms with van der Waals surface area (Å²) in [6.07, 6.45) is 7.17. The van der Waals surface area contributed by atoms with Crippen LogP contribution in [-0.2, 0) is 4.74 Å². The summed E-state index contributed by atoms with van der Waals surface area (Å²) in [5.74, 6) is 1.17. The van der Waals surface area contributed by atoms with Gasteiger partial charge in [-0.1, -0.05) is 0 Å². The molecule has 1 amide bonds. The van der Waals surface area contributed by atoms with E-state index in [1.54, 1.807) is 24.0 Å². The van der Waals surface area contributed by atoms with Gasteiger partial charge in [-0.3, -0.25) is 9.48 Å². The lowest BCUT2D eigenvalue weighted by Gasteiger charge is -2.35. The number of methoxy groups -OCH3 is 1. The Labute approximate surface area is 185 Å². The molecule has 4 heterocycles. The molecule has 0 unspecified atom stereocenters. The third-order valence-corrected chi connectivity index (χ3v) is 6.06. The number of carbonyl (C=O) groups is 1. The molecule has 5 rings (SSSR count). The molecule has 0 aromatic carbocycles. The number of nitrogens with one attached hydrogen (secondary N) is 2. The predicted octanol–water partition coefficient (Wildman–Crippen LogP) is 2.62. The molecule has 2 aliphatic heterocycles. The summed E-state index contributed by atoms with van der Waals surface area (Å²) in [5.41, 5.74) is 3.36. The van der Waals surface area contributed by atoms with Gasteiger partial charge in [-0.05, 0) is 32.8 Å². The van der Waals surface area contributed by atoms with E-state index in [1.807, 2.05) is 30.1 Å². The van der Waals surface area contributed by atoms with Gasteiger partial charge in [-0.25, -0.2) is 9.97 Å². The SMILES string of the molecule is CNc1cc(-c2cnc3nn(C(C)C)ccc2-3)nc2c(C(=O)N[C@H]3CC[C@@H]3OC)cnn12. The average molecular weight is 435 g/mol. The molecule has 0 bridgehead atoms. The smallest absolute Gasteiger partial charge is 0.257 e. The zero-order chi connectivity index (χ0) is 22.4. The number of carbonyl (C=O) groups excluding carboxylic acids is 1. The molecule has 32 heavy (non-hydrogen) atoms. The fourth-order valence-corrected chi connectivity index (χ4v) is 4.02. The average Bonchev–Trinajstić information content (AvgIpc) is 3.40. The van der Waals surface area contributed by atoms with Crippen molar-refractivity contribution in [2.75, 3.05) is 19.5 Å². The van der Waals surface area contributed by atoms with Gasteiger partial charge in [0.05, 0.1) is 24.0 Å². The Balaban J connectivity index is 1.55. The summed E-state index contributed by atoms with van der Waals surface area (Å²) in [4.78, 5) is 22.3. The van der Waals surface area contributed by atoms with E-state index in [9.17, 15) is 4.79 Å². The Morgan fingerprint density at radius 1 is 1.25 bits per heavy atom. The minimum Gasteiger partial charge on any atom is -0.379 e. The van der Waals surface area contributed by atoms with Crippen molar-refractivity contribution in [3.63, 3.8) is 0 Å². The maximum Gasteiger partial charge on any atom is 0.257 e. The fraction of sp³-hybridized carbons (Fsp3) is 0.409. The second-order valence-corrected chi connectivity index (χ2v) is 8.30. The Morgan fingerprint density at radius 2 is 2.09 bits per heavy atom. The van der Waals surface area contributed by atoms with Crippen molar-refractivity contribution in [3.05, 3.63) is 36.3 Å². The zero-order valence-electron chi connectivity index (χ0n) is 18.5. The Morgan fingerprint density at radius 3 is 2.78 bits per heavy atom. The lowest BCUT2D eigenvalue weighted by molar-refractivity contribution is 0.00732. The van der Waals surface area contributed by atoms with Crippen molar-refractivity contribution in [2.45, 2.75) is 44.9 Å². The van der Waals surface area contributed by atoms with Crippen LogP contribution in [0.3, 0.4) is 0 Å². The molecule has 2 N–H and O–H groups in total. The summed E-state index contributed by atoms with van der Waals surface area (Å²) in [6, 6.07) is 4.15. The van der Waals surface area contributed by atoms with Crippen LogP contribution in [0.2, 0.25) is 0 Å². The molecule has 1 saturated carbocycles. The molecule has 10 heteroatoms. The quantitative estimate of drug-likeness (QED) is 0.480. The monoisotopic (exact) mass is 434 g/mol. The number of hydrogen-bond acceptors (Lipinski definition) is 7. The van der Waals surface area contributed by atoms with E-state index >= 15 is 0 Å². The van der Waals surface area contributed by atoms with Crippen molar-refractivity contribution in [1.82, 2.24) is 34.7 Å². The van der Waals surface area contributed by atoms with Gasteiger partial charge in [-0.15, -0.1) is 0 Å². The van der Waals surface area contributed by atoms with Crippen molar-refractivity contribution in [2.24, 2.45) is 0 Å². The molecule has 2 atom stereocenters. The van der Waals surface area contributed by atoms with Crippen molar-refractivity contribution < 1.29 is 9.53 Å². The molecule has 2 aromatic rings. The third kappa shape index (κ3) is 3.27. The maximum absolute atomic E-state index is 13.0. The first kappa shape index (κ1) is 20.4. The second kappa shape index (κ2) is 7.86. The largest absolute Gasteiger partial charge is 0.379 e. The molecule has 2 aromatic heterocycles. The normalized spacial score (nSPS) is 18.3. The van der Waals surface area contributed by atoms with Gasteiger partial charge in [0.25, 0.3) is 5.91 Å². The Bertz CT molecular complexity index is 1260. The number of ether oxygens (including phenoxy) is 1. The second-order valence-electron chi connectivity index (χ2n) is 8.30. The number of amides is 1. The van der Waals surface area contributed by atoms with Crippen molar-refractivity contribution in [1.29, 1.82) is 0 Å². The van der Waals surface area contributed by atoms with Gasteiger partial charge >= 0.3 is 0 Å². The van der Waals surface area contributed by atoms with Gasteiger partial charge in [-0.2, -0.15) is 14.7 Å². The van der Waals surface area contributed by atoms with Crippen LogP contribution < -0.4 is 10.6 Å². The Hall–Kier alpha value is -3.53. The van der Waals surface area contributed by atoms with Crippen LogP contribution in [0.15, 0.2) is 30.7 Å². The number of fused-ring (bicyclic) bond motifs is 2. The predicted molar refractivity (Wildman–Crippen MR) is 120 cm³/mol. The van der Waals surface area contributed by atoms with E-state index in [-0.39, 0.29) is 24.1 Å². The van der Waals surface area contributed by atoms with Crippen molar-refractivity contribution in [3.8, 4) is 22.6 Å². The standard InChI is InChI=1S/C22H26N8O2/c1-12(2)29-8-7-13-14(10-24-20(13)28-29)17-9-19(23-3)30-21(26-17)15(11-25-30)22(31)27-16-5-6-18(16)32-4/h7-12,16,18,23H,5-6H2,1-4H3,(H,27,31)/t16-,18-/m0/s1. The number of nitrogens with zero attached hydrogens (tertiary/aromatic N) is 6. The maximum atomic E-state index is 13.0. The first-order valence-electron chi connectivity index (χ1n) is 10.7. The topological polar surface area (TPSA) is 111 Å². The summed E-state index contributed by atoms with van der Waals surface area (Å²) < 4.78 is 8.91. The molecular formula is C22H26N8O2. The van der Waals surface area contributed by atoms with Gasteiger partial charge in [0.2, 0.25) is 0 Å². The zero-order valence-corrected chi connectivity index (χ0v) is 18.5. The highest BCUT2D eigenvalue weighted by Crippen LogP contribution is 2.33. The lowest BCUT2D eigenvalue weighted by Crippen LogP contribution is -2.51. The molecule has 10 nitrogen and oxygen atoms in total. The molecular weight excluding hydrogens is 408 g/mol. The van der Waals surface area contributed by atoms with E-state index in [0.717, 1.165) is 29.8 Å². The van der Waals surface area contributed by atoms with Crippen LogP contribution in [0.4, 0.5) is 5.82 Å². The van der Waals surface area contributed by atoms with E-state index in [0.29, 0.717) is 22.7 Å². The van der Waals surface area contributed by atoms with Gasteiger partial charge in [0, 0.05) is 49.8 Å². The summed E-state index contributed by atoms with van der Waals surface area (Å²) in [5, 5.41) is 15.2. The van der Waals surface area contributed by atoms with E-state index in [1.165, 1.54) is 0 Å². The van der Waals surface area contributed by atoms with E-state index in [4.69, 9.17) is 9.72 Å². The molecule has 3 aliphatic rings. The summed E-state index contributed by atoms with van der Waals surface area (Å²) in [7, 11) is 3.48. The third-order valence-electron chi connectivity index (χ3n) is 6.06. The minimum absolute atomic E-state index is 0.0105. The van der Waals surface area contributed by atoms with Gasteiger partial charge in [0.1, 0.15) is 11.4 Å². The fourth-order valence-electron chi connectivity index (χ4n) is 4.02. The summed E-state index contributed by atoms with van der Waals surface area (Å²) in [6.45, 7) is 4.14. The number of anilines is 1. The Kier molecular flexibility index (Phi) is 5.01. The summed E-state index contributed by atoms with van der Waals surface area (Å²) >= 11 is 0. The number of hydrogen-bond donors (Lipinski definition) is 2. The molecule has 166 valence electrons. The highest BCUT2D eigenvalue weighted by Gasteiger charge is 2.33. The molecule has 0 spiro atoms. The molecule has 0 saturated heterocycles. The van der Waals surface area contributed by atoms with Gasteiger partial charge in [0.15, 0.2) is 11.5 Å². The van der Waals surface area contributed by atoms with Crippen LogP contribution in [0, 0.1) is 0 Å². The minimum atomic E-state index is -0.205. The highest BCUT2D eigenvalue weighted by molar-refractivity contribution is 6.00. The molecule has 1 fully saturated rings. The van der Waals surface area contributed by atoms with E-state index < -0.39 is 0 Å². The first-order chi connectivity index (χ1) is 15.5. The van der Waals surface area contributed by atoms with Crippen molar-refractivity contribution >= 4 is 17.4 Å².